The Morgan fingerprint density at radius 3 is 2.48 bits per heavy atom. The van der Waals surface area contributed by atoms with Crippen LogP contribution in [0.4, 0.5) is 13.2 Å². The van der Waals surface area contributed by atoms with Crippen LogP contribution in [0.25, 0.3) is 11.3 Å². The summed E-state index contributed by atoms with van der Waals surface area (Å²) >= 11 is 4.79. The maximum atomic E-state index is 13.2. The van der Waals surface area contributed by atoms with E-state index < -0.39 is 11.7 Å². The number of aromatic nitrogens is 1. The minimum atomic E-state index is -4.44. The molecule has 0 aliphatic carbocycles. The molecule has 3 rings (SSSR count). The first-order chi connectivity index (χ1) is 12.9. The molecule has 140 valence electrons. The van der Waals surface area contributed by atoms with Crippen molar-refractivity contribution in [3.05, 3.63) is 74.3 Å². The van der Waals surface area contributed by atoms with Crippen LogP contribution < -0.4 is 4.80 Å². The molecule has 0 aliphatic heterocycles. The number of thiazole rings is 1. The standard InChI is InChI=1S/C19H15BrF3N3S/c1-2-24-18-26(17(12-27-18)13-7-9-15(20)10-8-13)25-11-14-5-3-4-6-16(14)19(21,22)23/h3-12H,2H2,1H3. The van der Waals surface area contributed by atoms with Gasteiger partial charge in [-0.1, -0.05) is 46.3 Å². The second kappa shape index (κ2) is 8.22. The van der Waals surface area contributed by atoms with E-state index in [9.17, 15) is 13.2 Å². The van der Waals surface area contributed by atoms with E-state index in [1.165, 1.54) is 29.7 Å². The number of rotatable bonds is 4. The molecule has 0 fully saturated rings. The molecule has 27 heavy (non-hydrogen) atoms. The van der Waals surface area contributed by atoms with E-state index >= 15 is 0 Å². The first-order valence-corrected chi connectivity index (χ1v) is 9.75. The third-order valence-corrected chi connectivity index (χ3v) is 5.08. The van der Waals surface area contributed by atoms with Crippen molar-refractivity contribution in [1.29, 1.82) is 0 Å². The fraction of sp³-hybridized carbons (Fsp3) is 0.158. The average Bonchev–Trinajstić information content (AvgIpc) is 3.03. The third-order valence-electron chi connectivity index (χ3n) is 3.70. The number of halogens is 4. The predicted molar refractivity (Wildman–Crippen MR) is 106 cm³/mol. The summed E-state index contributed by atoms with van der Waals surface area (Å²) in [5, 5.41) is 6.22. The summed E-state index contributed by atoms with van der Waals surface area (Å²) in [6.45, 7) is 2.45. The van der Waals surface area contributed by atoms with Crippen LogP contribution in [0.3, 0.4) is 0 Å². The second-order valence-corrected chi connectivity index (χ2v) is 7.28. The zero-order chi connectivity index (χ0) is 19.4. The van der Waals surface area contributed by atoms with Crippen molar-refractivity contribution in [1.82, 2.24) is 4.68 Å². The number of nitrogens with zero attached hydrogens (tertiary/aromatic N) is 3. The summed E-state index contributed by atoms with van der Waals surface area (Å²) < 4.78 is 42.1. The fourth-order valence-electron chi connectivity index (χ4n) is 2.46. The Kier molecular flexibility index (Phi) is 5.96. The first kappa shape index (κ1) is 19.6. The Labute approximate surface area is 166 Å². The van der Waals surface area contributed by atoms with Gasteiger partial charge >= 0.3 is 6.18 Å². The van der Waals surface area contributed by atoms with Gasteiger partial charge in [0.2, 0.25) is 4.80 Å². The maximum absolute atomic E-state index is 13.2. The highest BCUT2D eigenvalue weighted by Gasteiger charge is 2.32. The molecule has 0 N–H and O–H groups in total. The molecule has 3 aromatic rings. The van der Waals surface area contributed by atoms with Crippen LogP contribution in [0.2, 0.25) is 0 Å². The molecule has 1 aromatic heterocycles. The molecule has 0 saturated carbocycles. The highest BCUT2D eigenvalue weighted by atomic mass is 79.9. The average molecular weight is 454 g/mol. The Morgan fingerprint density at radius 2 is 1.81 bits per heavy atom. The van der Waals surface area contributed by atoms with E-state index in [4.69, 9.17) is 0 Å². The van der Waals surface area contributed by atoms with Crippen molar-refractivity contribution in [3.8, 4) is 11.3 Å². The quantitative estimate of drug-likeness (QED) is 0.446. The van der Waals surface area contributed by atoms with E-state index in [1.807, 2.05) is 36.6 Å². The lowest BCUT2D eigenvalue weighted by Gasteiger charge is -2.09. The minimum absolute atomic E-state index is 0.00732. The van der Waals surface area contributed by atoms with Gasteiger partial charge in [0.1, 0.15) is 0 Å². The molecule has 0 radical (unpaired) electrons. The van der Waals surface area contributed by atoms with Crippen LogP contribution in [0.15, 0.2) is 68.5 Å². The lowest BCUT2D eigenvalue weighted by Crippen LogP contribution is -2.13. The van der Waals surface area contributed by atoms with Gasteiger partial charge in [-0.3, -0.25) is 4.99 Å². The molecule has 2 aromatic carbocycles. The largest absolute Gasteiger partial charge is 0.417 e. The Morgan fingerprint density at radius 1 is 1.11 bits per heavy atom. The molecule has 0 saturated heterocycles. The molecule has 0 atom stereocenters. The molecule has 0 amide bonds. The van der Waals surface area contributed by atoms with Crippen LogP contribution in [0.5, 0.6) is 0 Å². The summed E-state index contributed by atoms with van der Waals surface area (Å²) in [6.07, 6.45) is -3.21. The van der Waals surface area contributed by atoms with Crippen molar-refractivity contribution in [2.24, 2.45) is 10.1 Å². The zero-order valence-electron chi connectivity index (χ0n) is 14.2. The Bertz CT molecular complexity index is 1020. The maximum Gasteiger partial charge on any atom is 0.417 e. The molecule has 0 aliphatic rings. The molecule has 0 bridgehead atoms. The van der Waals surface area contributed by atoms with Gasteiger partial charge in [0.05, 0.1) is 17.5 Å². The summed E-state index contributed by atoms with van der Waals surface area (Å²) in [5.41, 5.74) is 0.949. The molecule has 8 heteroatoms. The van der Waals surface area contributed by atoms with Crippen molar-refractivity contribution in [2.45, 2.75) is 13.1 Å². The van der Waals surface area contributed by atoms with E-state index in [0.717, 1.165) is 21.8 Å². The molecule has 1 heterocycles. The topological polar surface area (TPSA) is 29.6 Å². The fourth-order valence-corrected chi connectivity index (χ4v) is 3.63. The first-order valence-electron chi connectivity index (χ1n) is 8.07. The van der Waals surface area contributed by atoms with Gasteiger partial charge in [-0.2, -0.15) is 18.3 Å². The molecular weight excluding hydrogens is 439 g/mol. The van der Waals surface area contributed by atoms with Crippen molar-refractivity contribution < 1.29 is 13.2 Å². The van der Waals surface area contributed by atoms with E-state index in [1.54, 1.807) is 10.7 Å². The number of benzene rings is 2. The van der Waals surface area contributed by atoms with Gasteiger partial charge < -0.3 is 0 Å². The summed E-state index contributed by atoms with van der Waals surface area (Å²) in [7, 11) is 0. The zero-order valence-corrected chi connectivity index (χ0v) is 16.6. The Balaban J connectivity index is 2.10. The van der Waals surface area contributed by atoms with Crippen LogP contribution in [-0.4, -0.2) is 17.4 Å². The number of alkyl halides is 3. The van der Waals surface area contributed by atoms with Crippen LogP contribution in [0, 0.1) is 0 Å². The second-order valence-electron chi connectivity index (χ2n) is 5.53. The summed E-state index contributed by atoms with van der Waals surface area (Å²) in [5.74, 6) is 0. The van der Waals surface area contributed by atoms with E-state index in [0.29, 0.717) is 11.3 Å². The van der Waals surface area contributed by atoms with Gasteiger partial charge in [-0.15, -0.1) is 11.3 Å². The van der Waals surface area contributed by atoms with Crippen LogP contribution in [-0.2, 0) is 6.18 Å². The minimum Gasteiger partial charge on any atom is -0.258 e. The Hall–Kier alpha value is -2.19. The normalized spacial score (nSPS) is 12.9. The van der Waals surface area contributed by atoms with Gasteiger partial charge in [0.25, 0.3) is 0 Å². The van der Waals surface area contributed by atoms with Gasteiger partial charge in [-0.05, 0) is 25.1 Å². The van der Waals surface area contributed by atoms with Crippen molar-refractivity contribution >= 4 is 33.5 Å². The number of hydrogen-bond donors (Lipinski definition) is 0. The smallest absolute Gasteiger partial charge is 0.258 e. The van der Waals surface area contributed by atoms with Gasteiger partial charge in [-0.25, -0.2) is 4.68 Å². The van der Waals surface area contributed by atoms with Crippen LogP contribution in [0.1, 0.15) is 18.1 Å². The highest BCUT2D eigenvalue weighted by molar-refractivity contribution is 9.10. The van der Waals surface area contributed by atoms with Gasteiger partial charge in [0.15, 0.2) is 0 Å². The molecule has 0 unspecified atom stereocenters. The number of hydrogen-bond acceptors (Lipinski definition) is 3. The van der Waals surface area contributed by atoms with E-state index in [-0.39, 0.29) is 5.56 Å². The third kappa shape index (κ3) is 4.56. The molecule has 3 nitrogen and oxygen atoms in total. The van der Waals surface area contributed by atoms with Crippen molar-refractivity contribution in [3.63, 3.8) is 0 Å². The lowest BCUT2D eigenvalue weighted by molar-refractivity contribution is -0.137. The predicted octanol–water partition coefficient (Wildman–Crippen LogP) is 5.80. The van der Waals surface area contributed by atoms with Gasteiger partial charge in [0, 0.05) is 27.5 Å². The summed E-state index contributed by atoms with van der Waals surface area (Å²) in [6, 6.07) is 13.0. The molecular formula is C19H15BrF3N3S. The monoisotopic (exact) mass is 453 g/mol. The van der Waals surface area contributed by atoms with Crippen LogP contribution >= 0.6 is 27.3 Å². The van der Waals surface area contributed by atoms with E-state index in [2.05, 4.69) is 26.0 Å². The SMILES string of the molecule is CCN=c1scc(-c2ccc(Br)cc2)n1N=Cc1ccccc1C(F)(F)F. The van der Waals surface area contributed by atoms with Crippen molar-refractivity contribution in [2.75, 3.05) is 6.54 Å². The molecule has 0 spiro atoms. The highest BCUT2D eigenvalue weighted by Crippen LogP contribution is 2.31. The summed E-state index contributed by atoms with van der Waals surface area (Å²) in [4.78, 5) is 5.01. The lowest BCUT2D eigenvalue weighted by atomic mass is 10.1.